The van der Waals surface area contributed by atoms with Crippen LogP contribution in [0.2, 0.25) is 0 Å². The summed E-state index contributed by atoms with van der Waals surface area (Å²) in [5.74, 6) is -1.09. The molecule has 1 aromatic rings. The van der Waals surface area contributed by atoms with Crippen LogP contribution in [0.15, 0.2) is 18.2 Å². The molecular weight excluding hydrogens is 224 g/mol. The van der Waals surface area contributed by atoms with Crippen LogP contribution >= 0.6 is 0 Å². The maximum absolute atomic E-state index is 12.9. The van der Waals surface area contributed by atoms with Gasteiger partial charge in [-0.05, 0) is 23.6 Å². The van der Waals surface area contributed by atoms with Gasteiger partial charge in [0.2, 0.25) is 0 Å². The lowest BCUT2D eigenvalue weighted by Gasteiger charge is -2.08. The van der Waals surface area contributed by atoms with Crippen LogP contribution in [0.25, 0.3) is 0 Å². The second kappa shape index (κ2) is 7.35. The Morgan fingerprint density at radius 2 is 2.00 bits per heavy atom. The van der Waals surface area contributed by atoms with E-state index in [2.05, 4.69) is 19.2 Å². The summed E-state index contributed by atoms with van der Waals surface area (Å²) in [7, 11) is 0. The lowest BCUT2D eigenvalue weighted by atomic mass is 10.2. The minimum Gasteiger partial charge on any atom is -0.380 e. The summed E-state index contributed by atoms with van der Waals surface area (Å²) in [6.45, 7) is 6.77. The van der Waals surface area contributed by atoms with E-state index < -0.39 is 11.6 Å². The molecule has 0 fully saturated rings. The summed E-state index contributed by atoms with van der Waals surface area (Å²) in [5, 5.41) is 3.11. The predicted octanol–water partition coefficient (Wildman–Crippen LogP) is 2.73. The van der Waals surface area contributed by atoms with Crippen LogP contribution in [0, 0.1) is 17.6 Å². The summed E-state index contributed by atoms with van der Waals surface area (Å²) in [4.78, 5) is 0. The highest BCUT2D eigenvalue weighted by molar-refractivity contribution is 5.17. The van der Waals surface area contributed by atoms with E-state index in [1.165, 1.54) is 6.07 Å². The van der Waals surface area contributed by atoms with Gasteiger partial charge in [0.15, 0.2) is 11.6 Å². The van der Waals surface area contributed by atoms with Crippen molar-refractivity contribution in [3.63, 3.8) is 0 Å². The van der Waals surface area contributed by atoms with Crippen molar-refractivity contribution in [2.45, 2.75) is 20.4 Å². The van der Waals surface area contributed by atoms with Gasteiger partial charge in [0.1, 0.15) is 0 Å². The standard InChI is InChI=1S/C13H19F2NO/c1-10(2)9-17-6-5-16-8-11-3-4-12(14)13(15)7-11/h3-4,7,10,16H,5-6,8-9H2,1-2H3. The van der Waals surface area contributed by atoms with Gasteiger partial charge in [-0.2, -0.15) is 0 Å². The van der Waals surface area contributed by atoms with Crippen molar-refractivity contribution >= 4 is 0 Å². The molecule has 1 aromatic carbocycles. The summed E-state index contributed by atoms with van der Waals surface area (Å²) >= 11 is 0. The molecular formula is C13H19F2NO. The third kappa shape index (κ3) is 5.75. The van der Waals surface area contributed by atoms with E-state index in [0.717, 1.165) is 18.2 Å². The van der Waals surface area contributed by atoms with Crippen molar-refractivity contribution in [1.82, 2.24) is 5.32 Å². The fourth-order valence-corrected chi connectivity index (χ4v) is 1.35. The zero-order valence-electron chi connectivity index (χ0n) is 10.3. The Kier molecular flexibility index (Phi) is 6.08. The van der Waals surface area contributed by atoms with E-state index in [-0.39, 0.29) is 0 Å². The van der Waals surface area contributed by atoms with Gasteiger partial charge in [-0.25, -0.2) is 8.78 Å². The Labute approximate surface area is 101 Å². The molecule has 0 unspecified atom stereocenters. The Morgan fingerprint density at radius 1 is 1.24 bits per heavy atom. The van der Waals surface area contributed by atoms with Gasteiger partial charge in [-0.3, -0.25) is 0 Å². The van der Waals surface area contributed by atoms with Gasteiger partial charge in [0.05, 0.1) is 6.61 Å². The van der Waals surface area contributed by atoms with Crippen molar-refractivity contribution in [3.8, 4) is 0 Å². The van der Waals surface area contributed by atoms with E-state index in [9.17, 15) is 8.78 Å². The van der Waals surface area contributed by atoms with E-state index >= 15 is 0 Å². The van der Waals surface area contributed by atoms with Crippen molar-refractivity contribution in [2.75, 3.05) is 19.8 Å². The SMILES string of the molecule is CC(C)COCCNCc1ccc(F)c(F)c1. The first-order chi connectivity index (χ1) is 8.09. The van der Waals surface area contributed by atoms with Crippen LogP contribution in [0.5, 0.6) is 0 Å². The van der Waals surface area contributed by atoms with E-state index in [1.54, 1.807) is 6.07 Å². The Bertz CT molecular complexity index is 342. The van der Waals surface area contributed by atoms with Gasteiger partial charge < -0.3 is 10.1 Å². The molecule has 0 heterocycles. The van der Waals surface area contributed by atoms with Gasteiger partial charge in [0.25, 0.3) is 0 Å². The normalized spacial score (nSPS) is 11.1. The van der Waals surface area contributed by atoms with Crippen LogP contribution in [-0.4, -0.2) is 19.8 Å². The highest BCUT2D eigenvalue weighted by atomic mass is 19.2. The molecule has 2 nitrogen and oxygen atoms in total. The average Bonchev–Trinajstić information content (AvgIpc) is 2.27. The average molecular weight is 243 g/mol. The zero-order valence-corrected chi connectivity index (χ0v) is 10.3. The quantitative estimate of drug-likeness (QED) is 0.743. The molecule has 1 rings (SSSR count). The van der Waals surface area contributed by atoms with Crippen molar-refractivity contribution in [1.29, 1.82) is 0 Å². The first-order valence-corrected chi connectivity index (χ1v) is 5.82. The van der Waals surface area contributed by atoms with Crippen LogP contribution in [0.3, 0.4) is 0 Å². The molecule has 0 aliphatic carbocycles. The molecule has 0 aromatic heterocycles. The topological polar surface area (TPSA) is 21.3 Å². The molecule has 0 amide bonds. The van der Waals surface area contributed by atoms with Crippen molar-refractivity contribution in [2.24, 2.45) is 5.92 Å². The summed E-state index contributed by atoms with van der Waals surface area (Å²) in [6, 6.07) is 3.92. The highest BCUT2D eigenvalue weighted by Gasteiger charge is 2.01. The summed E-state index contributed by atoms with van der Waals surface area (Å²) in [6.07, 6.45) is 0. The molecule has 96 valence electrons. The summed E-state index contributed by atoms with van der Waals surface area (Å²) in [5.41, 5.74) is 0.729. The van der Waals surface area contributed by atoms with Gasteiger partial charge >= 0.3 is 0 Å². The minimum absolute atomic E-state index is 0.516. The smallest absolute Gasteiger partial charge is 0.159 e. The number of benzene rings is 1. The Morgan fingerprint density at radius 3 is 2.65 bits per heavy atom. The third-order valence-corrected chi connectivity index (χ3v) is 2.19. The Hall–Kier alpha value is -1.00. The summed E-state index contributed by atoms with van der Waals surface area (Å²) < 4.78 is 30.9. The second-order valence-corrected chi connectivity index (χ2v) is 4.39. The molecule has 0 bridgehead atoms. The number of rotatable bonds is 7. The number of hydrogen-bond donors (Lipinski definition) is 1. The molecule has 0 aliphatic rings. The number of hydrogen-bond acceptors (Lipinski definition) is 2. The van der Waals surface area contributed by atoms with Crippen molar-refractivity contribution in [3.05, 3.63) is 35.4 Å². The zero-order chi connectivity index (χ0) is 12.7. The molecule has 0 aliphatic heterocycles. The highest BCUT2D eigenvalue weighted by Crippen LogP contribution is 2.08. The molecule has 0 spiro atoms. The molecule has 4 heteroatoms. The van der Waals surface area contributed by atoms with Crippen molar-refractivity contribution < 1.29 is 13.5 Å². The molecule has 0 atom stereocenters. The third-order valence-electron chi connectivity index (χ3n) is 2.19. The molecule has 0 radical (unpaired) electrons. The van der Waals surface area contributed by atoms with E-state index in [0.29, 0.717) is 25.6 Å². The van der Waals surface area contributed by atoms with Gasteiger partial charge in [-0.15, -0.1) is 0 Å². The number of ether oxygens (including phenoxy) is 1. The van der Waals surface area contributed by atoms with E-state index in [1.807, 2.05) is 0 Å². The van der Waals surface area contributed by atoms with Gasteiger partial charge in [-0.1, -0.05) is 19.9 Å². The molecule has 17 heavy (non-hydrogen) atoms. The monoisotopic (exact) mass is 243 g/mol. The lowest BCUT2D eigenvalue weighted by molar-refractivity contribution is 0.111. The first-order valence-electron chi connectivity index (χ1n) is 5.82. The lowest BCUT2D eigenvalue weighted by Crippen LogP contribution is -2.20. The number of nitrogens with one attached hydrogen (secondary N) is 1. The number of halogens is 2. The van der Waals surface area contributed by atoms with Crippen LogP contribution in [0.4, 0.5) is 8.78 Å². The fourth-order valence-electron chi connectivity index (χ4n) is 1.35. The maximum Gasteiger partial charge on any atom is 0.159 e. The van der Waals surface area contributed by atoms with E-state index in [4.69, 9.17) is 4.74 Å². The molecule has 0 saturated heterocycles. The maximum atomic E-state index is 12.9. The van der Waals surface area contributed by atoms with Crippen LogP contribution < -0.4 is 5.32 Å². The fraction of sp³-hybridized carbons (Fsp3) is 0.538. The predicted molar refractivity (Wildman–Crippen MR) is 63.7 cm³/mol. The van der Waals surface area contributed by atoms with Gasteiger partial charge in [0, 0.05) is 19.7 Å². The largest absolute Gasteiger partial charge is 0.380 e. The molecule has 0 saturated carbocycles. The first kappa shape index (κ1) is 14.1. The molecule has 1 N–H and O–H groups in total. The van der Waals surface area contributed by atoms with Crippen LogP contribution in [-0.2, 0) is 11.3 Å². The Balaban J connectivity index is 2.16. The second-order valence-electron chi connectivity index (χ2n) is 4.39. The minimum atomic E-state index is -0.811. The van der Waals surface area contributed by atoms with Crippen LogP contribution in [0.1, 0.15) is 19.4 Å².